The SMILES string of the molecule is Cc1nn(Cc2cccc(C(=O)N3N=C(C(F)F)C[C@@]3(O)C(F)F)c2)c(C)c1[N+](=O)[O-]. The average Bonchev–Trinajstić information content (AvgIpc) is 3.19. The number of hydrazone groups is 1. The van der Waals surface area contributed by atoms with Gasteiger partial charge in [-0.2, -0.15) is 15.2 Å². The molecular formula is C18H17F4N5O4. The normalized spacial score (nSPS) is 18.7. The Hall–Kier alpha value is -3.35. The standard InChI is InChI=1S/C18H17F4N5O4/c1-9-14(27(30)31)10(2)25(23-9)8-11-4-3-5-12(6-11)16(28)26-18(29,17(21)22)7-13(24-26)15(19)20/h3-6,15,17,29H,7-8H2,1-2H3/t18-/m1/s1. The van der Waals surface area contributed by atoms with Gasteiger partial charge in [-0.25, -0.2) is 17.6 Å². The molecule has 1 N–H and O–H groups in total. The summed E-state index contributed by atoms with van der Waals surface area (Å²) in [6, 6.07) is 5.51. The number of rotatable bonds is 6. The second-order valence-electron chi connectivity index (χ2n) is 7.00. The molecule has 31 heavy (non-hydrogen) atoms. The summed E-state index contributed by atoms with van der Waals surface area (Å²) in [7, 11) is 0. The van der Waals surface area contributed by atoms with Crippen LogP contribution in [0.1, 0.15) is 33.7 Å². The number of hydrogen-bond acceptors (Lipinski definition) is 6. The number of aryl methyl sites for hydroxylation is 1. The minimum Gasteiger partial charge on any atom is -0.364 e. The van der Waals surface area contributed by atoms with Crippen LogP contribution in [-0.2, 0) is 6.54 Å². The second kappa shape index (κ2) is 8.06. The first-order valence-electron chi connectivity index (χ1n) is 8.93. The van der Waals surface area contributed by atoms with Crippen molar-refractivity contribution in [2.75, 3.05) is 0 Å². The Balaban J connectivity index is 1.92. The minimum absolute atomic E-state index is 0.0201. The molecule has 1 amide bonds. The molecule has 13 heteroatoms. The monoisotopic (exact) mass is 443 g/mol. The highest BCUT2D eigenvalue weighted by Gasteiger charge is 2.53. The van der Waals surface area contributed by atoms with E-state index in [0.717, 1.165) is 0 Å². The predicted octanol–water partition coefficient (Wildman–Crippen LogP) is 2.88. The summed E-state index contributed by atoms with van der Waals surface area (Å²) in [6.45, 7) is 2.99. The Kier molecular flexibility index (Phi) is 5.81. The van der Waals surface area contributed by atoms with Gasteiger partial charge in [-0.1, -0.05) is 12.1 Å². The lowest BCUT2D eigenvalue weighted by atomic mass is 10.1. The minimum atomic E-state index is -3.53. The van der Waals surface area contributed by atoms with Gasteiger partial charge in [0.05, 0.1) is 11.5 Å². The molecule has 0 bridgehead atoms. The number of benzene rings is 1. The van der Waals surface area contributed by atoms with Crippen molar-refractivity contribution in [1.29, 1.82) is 0 Å². The molecule has 0 spiro atoms. The first-order valence-corrected chi connectivity index (χ1v) is 8.93. The zero-order chi connectivity index (χ0) is 23.1. The summed E-state index contributed by atoms with van der Waals surface area (Å²) in [5, 5.41) is 28.6. The van der Waals surface area contributed by atoms with E-state index in [2.05, 4.69) is 10.2 Å². The van der Waals surface area contributed by atoms with Gasteiger partial charge in [0.25, 0.3) is 18.8 Å². The molecule has 1 atom stereocenters. The molecule has 0 aliphatic carbocycles. The fourth-order valence-corrected chi connectivity index (χ4v) is 3.31. The van der Waals surface area contributed by atoms with Gasteiger partial charge >= 0.3 is 5.69 Å². The Morgan fingerprint density at radius 3 is 2.55 bits per heavy atom. The molecule has 9 nitrogen and oxygen atoms in total. The van der Waals surface area contributed by atoms with E-state index in [-0.39, 0.29) is 34.2 Å². The van der Waals surface area contributed by atoms with Crippen LogP contribution in [0.3, 0.4) is 0 Å². The number of hydrogen-bond donors (Lipinski definition) is 1. The Morgan fingerprint density at radius 2 is 2.00 bits per heavy atom. The van der Waals surface area contributed by atoms with Crippen LogP contribution in [-0.4, -0.2) is 55.0 Å². The van der Waals surface area contributed by atoms with Crippen molar-refractivity contribution >= 4 is 17.3 Å². The molecule has 0 radical (unpaired) electrons. The third kappa shape index (κ3) is 4.00. The first-order chi connectivity index (χ1) is 14.5. The molecule has 1 aliphatic heterocycles. The number of amides is 1. The van der Waals surface area contributed by atoms with E-state index < -0.39 is 41.5 Å². The molecule has 1 aromatic heterocycles. The van der Waals surface area contributed by atoms with Crippen LogP contribution in [0.25, 0.3) is 0 Å². The number of aliphatic hydroxyl groups is 1. The van der Waals surface area contributed by atoms with Crippen LogP contribution in [0.5, 0.6) is 0 Å². The maximum Gasteiger partial charge on any atom is 0.312 e. The van der Waals surface area contributed by atoms with Crippen LogP contribution >= 0.6 is 0 Å². The molecule has 0 fully saturated rings. The quantitative estimate of drug-likeness (QED) is 0.419. The lowest BCUT2D eigenvalue weighted by Gasteiger charge is -2.30. The zero-order valence-corrected chi connectivity index (χ0v) is 16.3. The van der Waals surface area contributed by atoms with Crippen LogP contribution in [0.15, 0.2) is 29.4 Å². The summed E-state index contributed by atoms with van der Waals surface area (Å²) in [5.74, 6) is -1.19. The van der Waals surface area contributed by atoms with Gasteiger partial charge in [0.1, 0.15) is 17.1 Å². The average molecular weight is 443 g/mol. The highest BCUT2D eigenvalue weighted by molar-refractivity contribution is 5.99. The molecule has 2 aromatic rings. The van der Waals surface area contributed by atoms with E-state index in [4.69, 9.17) is 0 Å². The van der Waals surface area contributed by atoms with Crippen molar-refractivity contribution in [3.63, 3.8) is 0 Å². The number of carbonyl (C=O) groups excluding carboxylic acids is 1. The second-order valence-corrected chi connectivity index (χ2v) is 7.00. The third-order valence-electron chi connectivity index (χ3n) is 4.86. The highest BCUT2D eigenvalue weighted by Crippen LogP contribution is 2.34. The number of carbonyl (C=O) groups is 1. The fourth-order valence-electron chi connectivity index (χ4n) is 3.31. The topological polar surface area (TPSA) is 114 Å². The summed E-state index contributed by atoms with van der Waals surface area (Å²) >= 11 is 0. The van der Waals surface area contributed by atoms with E-state index in [9.17, 15) is 37.6 Å². The maximum absolute atomic E-state index is 13.4. The lowest BCUT2D eigenvalue weighted by molar-refractivity contribution is -0.386. The largest absolute Gasteiger partial charge is 0.364 e. The summed E-state index contributed by atoms with van der Waals surface area (Å²) in [5.41, 5.74) is -3.65. The first kappa shape index (κ1) is 22.3. The third-order valence-corrected chi connectivity index (χ3v) is 4.86. The smallest absolute Gasteiger partial charge is 0.312 e. The van der Waals surface area contributed by atoms with Gasteiger partial charge in [0, 0.05) is 12.0 Å². The van der Waals surface area contributed by atoms with E-state index >= 15 is 0 Å². The molecule has 2 heterocycles. The van der Waals surface area contributed by atoms with Gasteiger partial charge in [0.2, 0.25) is 5.72 Å². The zero-order valence-electron chi connectivity index (χ0n) is 16.3. The van der Waals surface area contributed by atoms with E-state index in [1.165, 1.54) is 36.7 Å². The van der Waals surface area contributed by atoms with Crippen molar-refractivity contribution in [3.05, 3.63) is 56.9 Å². The summed E-state index contributed by atoms with van der Waals surface area (Å²) in [4.78, 5) is 23.3. The van der Waals surface area contributed by atoms with Crippen molar-refractivity contribution in [2.24, 2.45) is 5.10 Å². The van der Waals surface area contributed by atoms with Crippen LogP contribution < -0.4 is 0 Å². The fraction of sp³-hybridized carbons (Fsp3) is 0.389. The van der Waals surface area contributed by atoms with Gasteiger partial charge in [-0.05, 0) is 31.5 Å². The molecule has 0 saturated carbocycles. The number of alkyl halides is 4. The predicted molar refractivity (Wildman–Crippen MR) is 99.1 cm³/mol. The van der Waals surface area contributed by atoms with E-state index in [1.807, 2.05) is 0 Å². The maximum atomic E-state index is 13.4. The van der Waals surface area contributed by atoms with Gasteiger partial charge < -0.3 is 5.11 Å². The number of aromatic nitrogens is 2. The van der Waals surface area contributed by atoms with Crippen LogP contribution in [0.2, 0.25) is 0 Å². The van der Waals surface area contributed by atoms with Gasteiger partial charge in [0.15, 0.2) is 0 Å². The Labute approximate surface area is 172 Å². The molecule has 1 aromatic carbocycles. The van der Waals surface area contributed by atoms with Crippen molar-refractivity contribution in [3.8, 4) is 0 Å². The lowest BCUT2D eigenvalue weighted by Crippen LogP contribution is -2.51. The Bertz CT molecular complexity index is 1070. The van der Waals surface area contributed by atoms with Gasteiger partial charge in [-0.3, -0.25) is 19.6 Å². The highest BCUT2D eigenvalue weighted by atomic mass is 19.3. The molecule has 0 saturated heterocycles. The number of nitro groups is 1. The van der Waals surface area contributed by atoms with Gasteiger partial charge in [-0.15, -0.1) is 0 Å². The van der Waals surface area contributed by atoms with E-state index in [1.54, 1.807) is 6.07 Å². The van der Waals surface area contributed by atoms with Crippen LogP contribution in [0, 0.1) is 24.0 Å². The van der Waals surface area contributed by atoms with E-state index in [0.29, 0.717) is 5.56 Å². The summed E-state index contributed by atoms with van der Waals surface area (Å²) < 4.78 is 54.0. The Morgan fingerprint density at radius 1 is 1.32 bits per heavy atom. The van der Waals surface area contributed by atoms with Crippen molar-refractivity contribution < 1.29 is 32.4 Å². The molecular weight excluding hydrogens is 426 g/mol. The molecule has 166 valence electrons. The number of halogens is 4. The van der Waals surface area contributed by atoms with Crippen molar-refractivity contribution in [1.82, 2.24) is 14.8 Å². The van der Waals surface area contributed by atoms with Crippen LogP contribution in [0.4, 0.5) is 23.2 Å². The molecule has 1 aliphatic rings. The number of nitrogens with zero attached hydrogens (tertiary/aromatic N) is 5. The summed E-state index contributed by atoms with van der Waals surface area (Å²) in [6.07, 6.45) is -7.92. The molecule has 0 unspecified atom stereocenters. The molecule has 3 rings (SSSR count). The van der Waals surface area contributed by atoms with Crippen molar-refractivity contribution in [2.45, 2.75) is 45.4 Å².